The van der Waals surface area contributed by atoms with Crippen LogP contribution in [0.3, 0.4) is 0 Å². The van der Waals surface area contributed by atoms with Gasteiger partial charge in [-0.1, -0.05) is 11.3 Å². The molecule has 1 aliphatic heterocycles. The van der Waals surface area contributed by atoms with E-state index in [0.717, 1.165) is 21.8 Å². The van der Waals surface area contributed by atoms with Crippen molar-refractivity contribution in [3.63, 3.8) is 0 Å². The molecule has 3 aromatic heterocycles. The summed E-state index contributed by atoms with van der Waals surface area (Å²) < 4.78 is 12.8. The fourth-order valence-electron chi connectivity index (χ4n) is 2.88. The first-order chi connectivity index (χ1) is 12.3. The highest BCUT2D eigenvalue weighted by atomic mass is 32.1. The number of carbonyl (C=O) groups excluding carboxylic acids is 1. The normalized spacial score (nSPS) is 17.0. The third-order valence-corrected chi connectivity index (χ3v) is 5.03. The number of aromatic nitrogens is 3. The van der Waals surface area contributed by atoms with Crippen molar-refractivity contribution in [2.45, 2.75) is 19.6 Å². The van der Waals surface area contributed by atoms with Crippen LogP contribution < -0.4 is 5.32 Å². The van der Waals surface area contributed by atoms with Gasteiger partial charge in [0.15, 0.2) is 0 Å². The van der Waals surface area contributed by atoms with Crippen LogP contribution in [0, 0.1) is 5.92 Å². The molecule has 0 radical (unpaired) electrons. The van der Waals surface area contributed by atoms with E-state index in [1.807, 2.05) is 28.3 Å². The van der Waals surface area contributed by atoms with Gasteiger partial charge in [0.05, 0.1) is 37.9 Å². The van der Waals surface area contributed by atoms with Gasteiger partial charge in [-0.25, -0.2) is 4.68 Å². The lowest BCUT2D eigenvalue weighted by atomic mass is 10.1. The fourth-order valence-corrected chi connectivity index (χ4v) is 3.58. The zero-order valence-corrected chi connectivity index (χ0v) is 14.4. The Bertz CT molecular complexity index is 826. The molecule has 1 N–H and O–H groups in total. The third-order valence-electron chi connectivity index (χ3n) is 4.16. The highest BCUT2D eigenvalue weighted by Gasteiger charge is 2.23. The Labute approximate surface area is 148 Å². The summed E-state index contributed by atoms with van der Waals surface area (Å²) in [7, 11) is 0. The molecule has 0 aliphatic carbocycles. The van der Waals surface area contributed by atoms with Crippen LogP contribution in [0.25, 0.3) is 11.3 Å². The first kappa shape index (κ1) is 16.0. The molecule has 1 aliphatic rings. The van der Waals surface area contributed by atoms with E-state index in [1.165, 1.54) is 0 Å². The van der Waals surface area contributed by atoms with Crippen LogP contribution in [-0.4, -0.2) is 34.1 Å². The molecule has 0 saturated heterocycles. The van der Waals surface area contributed by atoms with Crippen molar-refractivity contribution in [1.82, 2.24) is 20.3 Å². The lowest BCUT2D eigenvalue weighted by Crippen LogP contribution is -2.33. The molecule has 7 nitrogen and oxygen atoms in total. The standard InChI is InChI=1S/C17H18N4O3S/c22-16(6-14-2-1-5-25-14)18-7-12-8-21-15(11-24-9-12)17(19-20-21)13-3-4-23-10-13/h1-5,10,12H,6-9,11H2,(H,18,22). The second-order valence-electron chi connectivity index (χ2n) is 6.02. The van der Waals surface area contributed by atoms with Crippen molar-refractivity contribution in [2.24, 2.45) is 5.92 Å². The van der Waals surface area contributed by atoms with Gasteiger partial charge in [-0.05, 0) is 17.5 Å². The molecule has 0 fully saturated rings. The largest absolute Gasteiger partial charge is 0.472 e. The zero-order chi connectivity index (χ0) is 17.1. The molecule has 0 aromatic carbocycles. The second kappa shape index (κ2) is 7.20. The van der Waals surface area contributed by atoms with Crippen LogP contribution in [0.2, 0.25) is 0 Å². The van der Waals surface area contributed by atoms with Crippen LogP contribution in [-0.2, 0) is 29.1 Å². The van der Waals surface area contributed by atoms with Gasteiger partial charge in [-0.2, -0.15) is 0 Å². The molecule has 8 heteroatoms. The first-order valence-corrected chi connectivity index (χ1v) is 8.99. The van der Waals surface area contributed by atoms with Crippen LogP contribution >= 0.6 is 11.3 Å². The highest BCUT2D eigenvalue weighted by Crippen LogP contribution is 2.24. The summed E-state index contributed by atoms with van der Waals surface area (Å²) in [6, 6.07) is 5.78. The van der Waals surface area contributed by atoms with Gasteiger partial charge < -0.3 is 14.5 Å². The van der Waals surface area contributed by atoms with Gasteiger partial charge in [0.1, 0.15) is 5.69 Å². The summed E-state index contributed by atoms with van der Waals surface area (Å²) in [5, 5.41) is 13.5. The third kappa shape index (κ3) is 3.64. The lowest BCUT2D eigenvalue weighted by Gasteiger charge is -2.14. The van der Waals surface area contributed by atoms with E-state index in [9.17, 15) is 4.79 Å². The van der Waals surface area contributed by atoms with Gasteiger partial charge in [0, 0.05) is 29.4 Å². The molecular formula is C17H18N4O3S. The number of nitrogens with one attached hydrogen (secondary N) is 1. The van der Waals surface area contributed by atoms with Crippen molar-refractivity contribution in [1.29, 1.82) is 0 Å². The Kier molecular flexibility index (Phi) is 4.62. The number of carbonyl (C=O) groups is 1. The maximum Gasteiger partial charge on any atom is 0.225 e. The topological polar surface area (TPSA) is 82.2 Å². The Morgan fingerprint density at radius 2 is 2.40 bits per heavy atom. The van der Waals surface area contributed by atoms with Crippen molar-refractivity contribution in [2.75, 3.05) is 13.2 Å². The number of hydrogen-bond donors (Lipinski definition) is 1. The SMILES string of the molecule is O=C(Cc1cccs1)NCC1COCc2c(-c3ccoc3)nnn2C1. The van der Waals surface area contributed by atoms with Crippen molar-refractivity contribution >= 4 is 17.2 Å². The van der Waals surface area contributed by atoms with Gasteiger partial charge in [0.25, 0.3) is 0 Å². The molecule has 4 rings (SSSR count). The van der Waals surface area contributed by atoms with Crippen molar-refractivity contribution < 1.29 is 13.9 Å². The average Bonchev–Trinajstić information content (AvgIpc) is 3.33. The number of ether oxygens (including phenoxy) is 1. The summed E-state index contributed by atoms with van der Waals surface area (Å²) in [4.78, 5) is 13.1. The minimum Gasteiger partial charge on any atom is -0.472 e. The predicted octanol–water partition coefficient (Wildman–Crippen LogP) is 2.10. The van der Waals surface area contributed by atoms with Crippen LogP contribution in [0.15, 0.2) is 40.5 Å². The number of fused-ring (bicyclic) bond motifs is 1. The fraction of sp³-hybridized carbons (Fsp3) is 0.353. The van der Waals surface area contributed by atoms with E-state index in [1.54, 1.807) is 23.9 Å². The number of nitrogens with zero attached hydrogens (tertiary/aromatic N) is 3. The summed E-state index contributed by atoms with van der Waals surface area (Å²) in [5.41, 5.74) is 2.62. The van der Waals surface area contributed by atoms with E-state index >= 15 is 0 Å². The number of amides is 1. The van der Waals surface area contributed by atoms with Crippen LogP contribution in [0.5, 0.6) is 0 Å². The molecule has 1 unspecified atom stereocenters. The predicted molar refractivity (Wildman–Crippen MR) is 91.9 cm³/mol. The van der Waals surface area contributed by atoms with Gasteiger partial charge in [0.2, 0.25) is 5.91 Å². The molecule has 1 amide bonds. The minimum atomic E-state index is 0.0320. The maximum absolute atomic E-state index is 12.1. The minimum absolute atomic E-state index is 0.0320. The van der Waals surface area contributed by atoms with Crippen LogP contribution in [0.4, 0.5) is 0 Å². The maximum atomic E-state index is 12.1. The quantitative estimate of drug-likeness (QED) is 0.755. The summed E-state index contributed by atoms with van der Waals surface area (Å²) in [6.07, 6.45) is 3.69. The van der Waals surface area contributed by atoms with Gasteiger partial charge in [-0.15, -0.1) is 16.4 Å². The molecular weight excluding hydrogens is 340 g/mol. The van der Waals surface area contributed by atoms with Crippen molar-refractivity contribution in [3.8, 4) is 11.3 Å². The number of furan rings is 1. The first-order valence-electron chi connectivity index (χ1n) is 8.11. The molecule has 0 spiro atoms. The summed E-state index contributed by atoms with van der Waals surface area (Å²) >= 11 is 1.59. The molecule has 1 atom stereocenters. The molecule has 4 heterocycles. The van der Waals surface area contributed by atoms with E-state index < -0.39 is 0 Å². The zero-order valence-electron chi connectivity index (χ0n) is 13.6. The highest BCUT2D eigenvalue weighted by molar-refractivity contribution is 7.10. The monoisotopic (exact) mass is 358 g/mol. The smallest absolute Gasteiger partial charge is 0.225 e. The molecule has 25 heavy (non-hydrogen) atoms. The average molecular weight is 358 g/mol. The lowest BCUT2D eigenvalue weighted by molar-refractivity contribution is -0.120. The van der Waals surface area contributed by atoms with Crippen molar-refractivity contribution in [3.05, 3.63) is 46.7 Å². The number of rotatable bonds is 5. The molecule has 0 bridgehead atoms. The molecule has 0 saturated carbocycles. The van der Waals surface area contributed by atoms with Gasteiger partial charge in [-0.3, -0.25) is 4.79 Å². The van der Waals surface area contributed by atoms with E-state index in [-0.39, 0.29) is 11.8 Å². The number of hydrogen-bond acceptors (Lipinski definition) is 6. The second-order valence-corrected chi connectivity index (χ2v) is 7.05. The Morgan fingerprint density at radius 3 is 3.20 bits per heavy atom. The Balaban J connectivity index is 1.38. The summed E-state index contributed by atoms with van der Waals surface area (Å²) in [5.74, 6) is 0.192. The number of thiophene rings is 1. The van der Waals surface area contributed by atoms with E-state index in [2.05, 4.69) is 15.6 Å². The van der Waals surface area contributed by atoms with E-state index in [4.69, 9.17) is 9.15 Å². The van der Waals surface area contributed by atoms with Gasteiger partial charge >= 0.3 is 0 Å². The summed E-state index contributed by atoms with van der Waals surface area (Å²) in [6.45, 7) is 2.25. The molecule has 3 aromatic rings. The van der Waals surface area contributed by atoms with E-state index in [0.29, 0.717) is 32.7 Å². The Hall–Kier alpha value is -2.45. The molecule has 130 valence electrons. The van der Waals surface area contributed by atoms with Crippen LogP contribution in [0.1, 0.15) is 10.6 Å². The Morgan fingerprint density at radius 1 is 1.44 bits per heavy atom.